The molecular formula is C10H14N2. The summed E-state index contributed by atoms with van der Waals surface area (Å²) in [5, 5.41) is 0. The second-order valence-corrected chi connectivity index (χ2v) is 2.68. The summed E-state index contributed by atoms with van der Waals surface area (Å²) in [5.41, 5.74) is 6.45. The van der Waals surface area contributed by atoms with Gasteiger partial charge >= 0.3 is 0 Å². The van der Waals surface area contributed by atoms with Gasteiger partial charge in [-0.05, 0) is 24.6 Å². The molecule has 0 aliphatic rings. The quantitative estimate of drug-likeness (QED) is 0.741. The van der Waals surface area contributed by atoms with E-state index in [1.54, 1.807) is 6.07 Å². The van der Waals surface area contributed by atoms with Crippen LogP contribution in [0.15, 0.2) is 24.3 Å². The van der Waals surface area contributed by atoms with Crippen molar-refractivity contribution in [1.29, 1.82) is 0 Å². The summed E-state index contributed by atoms with van der Waals surface area (Å²) >= 11 is 0. The SMILES string of the molecule is CCC/C=C\c1cccc(N)n1. The van der Waals surface area contributed by atoms with Crippen molar-refractivity contribution in [3.05, 3.63) is 30.0 Å². The molecular weight excluding hydrogens is 148 g/mol. The predicted octanol–water partition coefficient (Wildman–Crippen LogP) is 2.48. The van der Waals surface area contributed by atoms with Crippen LogP contribution in [0.5, 0.6) is 0 Å². The van der Waals surface area contributed by atoms with E-state index in [0.29, 0.717) is 5.82 Å². The lowest BCUT2D eigenvalue weighted by Gasteiger charge is -1.93. The molecule has 0 saturated carbocycles. The summed E-state index contributed by atoms with van der Waals surface area (Å²) in [6.45, 7) is 2.15. The summed E-state index contributed by atoms with van der Waals surface area (Å²) < 4.78 is 0. The Balaban J connectivity index is 2.63. The number of pyridine rings is 1. The minimum Gasteiger partial charge on any atom is -0.384 e. The van der Waals surface area contributed by atoms with Gasteiger partial charge in [0.2, 0.25) is 0 Å². The predicted molar refractivity (Wildman–Crippen MR) is 52.6 cm³/mol. The molecule has 12 heavy (non-hydrogen) atoms. The van der Waals surface area contributed by atoms with E-state index in [4.69, 9.17) is 5.73 Å². The Morgan fingerprint density at radius 3 is 3.00 bits per heavy atom. The average Bonchev–Trinajstić information content (AvgIpc) is 2.05. The van der Waals surface area contributed by atoms with Crippen LogP contribution < -0.4 is 5.73 Å². The fourth-order valence-corrected chi connectivity index (χ4v) is 0.932. The number of anilines is 1. The molecule has 1 aromatic heterocycles. The van der Waals surface area contributed by atoms with E-state index in [-0.39, 0.29) is 0 Å². The van der Waals surface area contributed by atoms with Crippen molar-refractivity contribution in [3.63, 3.8) is 0 Å². The zero-order valence-electron chi connectivity index (χ0n) is 7.33. The first-order chi connectivity index (χ1) is 5.83. The Kier molecular flexibility index (Phi) is 3.33. The Labute approximate surface area is 73.1 Å². The van der Waals surface area contributed by atoms with Crippen molar-refractivity contribution < 1.29 is 0 Å². The van der Waals surface area contributed by atoms with Gasteiger partial charge in [-0.1, -0.05) is 25.5 Å². The van der Waals surface area contributed by atoms with Gasteiger partial charge in [-0.2, -0.15) is 0 Å². The molecule has 0 aromatic carbocycles. The van der Waals surface area contributed by atoms with Gasteiger partial charge in [0.25, 0.3) is 0 Å². The van der Waals surface area contributed by atoms with Crippen LogP contribution in [0.25, 0.3) is 6.08 Å². The normalized spacial score (nSPS) is 10.8. The molecule has 0 aliphatic heterocycles. The van der Waals surface area contributed by atoms with Crippen LogP contribution in [0.1, 0.15) is 25.5 Å². The number of unbranched alkanes of at least 4 members (excludes halogenated alkanes) is 1. The van der Waals surface area contributed by atoms with Crippen LogP contribution in [-0.2, 0) is 0 Å². The second-order valence-electron chi connectivity index (χ2n) is 2.68. The molecule has 2 nitrogen and oxygen atoms in total. The number of nitrogen functional groups attached to an aromatic ring is 1. The number of nitrogens with two attached hydrogens (primary N) is 1. The van der Waals surface area contributed by atoms with Gasteiger partial charge in [0.05, 0.1) is 5.69 Å². The molecule has 0 unspecified atom stereocenters. The summed E-state index contributed by atoms with van der Waals surface area (Å²) in [6.07, 6.45) is 6.37. The maximum absolute atomic E-state index is 5.52. The third-order valence-corrected chi connectivity index (χ3v) is 1.54. The van der Waals surface area contributed by atoms with Gasteiger partial charge in [0.15, 0.2) is 0 Å². The number of aromatic nitrogens is 1. The lowest BCUT2D eigenvalue weighted by molar-refractivity contribution is 0.962. The summed E-state index contributed by atoms with van der Waals surface area (Å²) in [5.74, 6) is 0.577. The Morgan fingerprint density at radius 1 is 1.50 bits per heavy atom. The van der Waals surface area contributed by atoms with Crippen LogP contribution in [0.4, 0.5) is 5.82 Å². The average molecular weight is 162 g/mol. The smallest absolute Gasteiger partial charge is 0.124 e. The largest absolute Gasteiger partial charge is 0.384 e. The van der Waals surface area contributed by atoms with Gasteiger partial charge in [-0.25, -0.2) is 4.98 Å². The highest BCUT2D eigenvalue weighted by Crippen LogP contribution is 2.03. The van der Waals surface area contributed by atoms with E-state index in [9.17, 15) is 0 Å². The summed E-state index contributed by atoms with van der Waals surface area (Å²) in [4.78, 5) is 4.14. The van der Waals surface area contributed by atoms with Crippen molar-refractivity contribution in [2.75, 3.05) is 5.73 Å². The third kappa shape index (κ3) is 2.74. The molecule has 0 saturated heterocycles. The topological polar surface area (TPSA) is 38.9 Å². The van der Waals surface area contributed by atoms with Crippen molar-refractivity contribution in [2.24, 2.45) is 0 Å². The van der Waals surface area contributed by atoms with Crippen molar-refractivity contribution in [1.82, 2.24) is 4.98 Å². The fourth-order valence-electron chi connectivity index (χ4n) is 0.932. The minimum atomic E-state index is 0.577. The first kappa shape index (κ1) is 8.78. The van der Waals surface area contributed by atoms with Crippen molar-refractivity contribution >= 4 is 11.9 Å². The highest BCUT2D eigenvalue weighted by molar-refractivity contribution is 5.47. The Bertz CT molecular complexity index is 266. The standard InChI is InChI=1S/C10H14N2/c1-2-3-4-6-9-7-5-8-10(11)12-9/h4-8H,2-3H2,1H3,(H2,11,12)/b6-4-. The van der Waals surface area contributed by atoms with E-state index < -0.39 is 0 Å². The lowest BCUT2D eigenvalue weighted by atomic mass is 10.2. The monoisotopic (exact) mass is 162 g/mol. The first-order valence-electron chi connectivity index (χ1n) is 4.22. The molecule has 0 atom stereocenters. The van der Waals surface area contributed by atoms with Gasteiger partial charge in [0.1, 0.15) is 5.82 Å². The maximum Gasteiger partial charge on any atom is 0.124 e. The lowest BCUT2D eigenvalue weighted by Crippen LogP contribution is -1.89. The molecule has 1 rings (SSSR count). The van der Waals surface area contributed by atoms with E-state index in [0.717, 1.165) is 12.1 Å². The van der Waals surface area contributed by atoms with Crippen LogP contribution in [-0.4, -0.2) is 4.98 Å². The molecule has 0 spiro atoms. The van der Waals surface area contributed by atoms with Gasteiger partial charge in [-0.15, -0.1) is 0 Å². The number of nitrogens with zero attached hydrogens (tertiary/aromatic N) is 1. The van der Waals surface area contributed by atoms with Crippen molar-refractivity contribution in [3.8, 4) is 0 Å². The van der Waals surface area contributed by atoms with Crippen LogP contribution in [0, 0.1) is 0 Å². The zero-order chi connectivity index (χ0) is 8.81. The van der Waals surface area contributed by atoms with Crippen LogP contribution in [0.2, 0.25) is 0 Å². The number of hydrogen-bond donors (Lipinski definition) is 1. The van der Waals surface area contributed by atoms with Crippen LogP contribution in [0.3, 0.4) is 0 Å². The molecule has 0 fully saturated rings. The molecule has 0 amide bonds. The molecule has 0 radical (unpaired) electrons. The van der Waals surface area contributed by atoms with E-state index in [1.165, 1.54) is 6.42 Å². The van der Waals surface area contributed by atoms with E-state index >= 15 is 0 Å². The summed E-state index contributed by atoms with van der Waals surface area (Å²) in [6, 6.07) is 5.65. The van der Waals surface area contributed by atoms with Gasteiger partial charge in [0, 0.05) is 0 Å². The second kappa shape index (κ2) is 4.54. The zero-order valence-corrected chi connectivity index (χ0v) is 7.33. The molecule has 64 valence electrons. The van der Waals surface area contributed by atoms with E-state index in [2.05, 4.69) is 18.0 Å². The molecule has 0 aliphatic carbocycles. The van der Waals surface area contributed by atoms with E-state index in [1.807, 2.05) is 18.2 Å². The fraction of sp³-hybridized carbons (Fsp3) is 0.300. The molecule has 2 heteroatoms. The third-order valence-electron chi connectivity index (χ3n) is 1.54. The minimum absolute atomic E-state index is 0.577. The summed E-state index contributed by atoms with van der Waals surface area (Å²) in [7, 11) is 0. The molecule has 2 N–H and O–H groups in total. The molecule has 0 bridgehead atoms. The van der Waals surface area contributed by atoms with Crippen molar-refractivity contribution in [2.45, 2.75) is 19.8 Å². The Hall–Kier alpha value is -1.31. The van der Waals surface area contributed by atoms with Crippen LogP contribution >= 0.6 is 0 Å². The number of hydrogen-bond acceptors (Lipinski definition) is 2. The highest BCUT2D eigenvalue weighted by Gasteiger charge is 1.87. The van der Waals surface area contributed by atoms with Gasteiger partial charge < -0.3 is 5.73 Å². The highest BCUT2D eigenvalue weighted by atomic mass is 14.8. The number of allylic oxidation sites excluding steroid dienone is 1. The number of rotatable bonds is 3. The molecule has 1 heterocycles. The Morgan fingerprint density at radius 2 is 2.33 bits per heavy atom. The molecule has 1 aromatic rings. The van der Waals surface area contributed by atoms with Gasteiger partial charge in [-0.3, -0.25) is 0 Å². The maximum atomic E-state index is 5.52. The first-order valence-corrected chi connectivity index (χ1v) is 4.22.